The number of hydrogen-bond acceptors (Lipinski definition) is 3. The second-order valence-corrected chi connectivity index (χ2v) is 4.29. The number of fused-ring (bicyclic) bond motifs is 2. The van der Waals surface area contributed by atoms with Crippen LogP contribution in [0.1, 0.15) is 10.4 Å². The standard InChI is InChI=1S/C13H8ClNO3/c14-7-4-5-9-11(6-7)18-10-3-1-2-8(13(16)17)12(10)15-9/h1-6,15H,(H,16,17). The third-order valence-electron chi connectivity index (χ3n) is 2.68. The van der Waals surface area contributed by atoms with E-state index in [1.165, 1.54) is 6.07 Å². The SMILES string of the molecule is O=C(O)c1cccc2c1Nc1ccc(Cl)cc1O2. The number of carbonyl (C=O) groups is 1. The summed E-state index contributed by atoms with van der Waals surface area (Å²) in [5, 5.41) is 12.7. The van der Waals surface area contributed by atoms with Crippen LogP contribution in [-0.2, 0) is 0 Å². The summed E-state index contributed by atoms with van der Waals surface area (Å²) in [5.41, 5.74) is 1.33. The Morgan fingerprint density at radius 1 is 1.22 bits per heavy atom. The summed E-state index contributed by atoms with van der Waals surface area (Å²) in [6, 6.07) is 10.0. The Morgan fingerprint density at radius 3 is 2.83 bits per heavy atom. The lowest BCUT2D eigenvalue weighted by atomic mass is 10.1. The van der Waals surface area contributed by atoms with Crippen LogP contribution < -0.4 is 10.1 Å². The van der Waals surface area contributed by atoms with Crippen LogP contribution in [-0.4, -0.2) is 11.1 Å². The molecule has 2 aromatic rings. The Kier molecular flexibility index (Phi) is 2.38. The summed E-state index contributed by atoms with van der Waals surface area (Å²) in [5.74, 6) is 0.0579. The van der Waals surface area contributed by atoms with Crippen molar-refractivity contribution in [1.29, 1.82) is 0 Å². The van der Waals surface area contributed by atoms with Crippen molar-refractivity contribution in [2.45, 2.75) is 0 Å². The van der Waals surface area contributed by atoms with Gasteiger partial charge >= 0.3 is 5.97 Å². The molecule has 3 rings (SSSR count). The second kappa shape index (κ2) is 3.92. The number of benzene rings is 2. The molecule has 0 radical (unpaired) electrons. The fraction of sp³-hybridized carbons (Fsp3) is 0. The molecular formula is C13H8ClNO3. The van der Waals surface area contributed by atoms with E-state index in [4.69, 9.17) is 21.4 Å². The molecule has 0 saturated heterocycles. The predicted octanol–water partition coefficient (Wildman–Crippen LogP) is 3.89. The average molecular weight is 262 g/mol. The minimum Gasteiger partial charge on any atom is -0.478 e. The summed E-state index contributed by atoms with van der Waals surface area (Å²) < 4.78 is 5.64. The number of rotatable bonds is 1. The molecule has 1 heterocycles. The Labute approximate surface area is 108 Å². The van der Waals surface area contributed by atoms with Crippen LogP contribution in [0.4, 0.5) is 11.4 Å². The number of anilines is 2. The molecule has 0 amide bonds. The van der Waals surface area contributed by atoms with Gasteiger partial charge in [0.25, 0.3) is 0 Å². The Hall–Kier alpha value is -2.20. The van der Waals surface area contributed by atoms with Gasteiger partial charge in [-0.25, -0.2) is 4.79 Å². The first-order valence-corrected chi connectivity index (χ1v) is 5.63. The van der Waals surface area contributed by atoms with E-state index in [-0.39, 0.29) is 5.56 Å². The van der Waals surface area contributed by atoms with Crippen LogP contribution in [0.5, 0.6) is 11.5 Å². The molecular weight excluding hydrogens is 254 g/mol. The summed E-state index contributed by atoms with van der Waals surface area (Å²) in [4.78, 5) is 11.1. The normalized spacial score (nSPS) is 11.8. The zero-order valence-corrected chi connectivity index (χ0v) is 9.86. The van der Waals surface area contributed by atoms with Crippen LogP contribution in [0.25, 0.3) is 0 Å². The fourth-order valence-corrected chi connectivity index (χ4v) is 2.02. The Bertz CT molecular complexity index is 655. The topological polar surface area (TPSA) is 58.6 Å². The van der Waals surface area contributed by atoms with Gasteiger partial charge in [-0.05, 0) is 24.3 Å². The largest absolute Gasteiger partial charge is 0.478 e. The molecule has 0 saturated carbocycles. The number of ether oxygens (including phenoxy) is 1. The molecule has 0 atom stereocenters. The van der Waals surface area contributed by atoms with Crippen molar-refractivity contribution in [2.24, 2.45) is 0 Å². The lowest BCUT2D eigenvalue weighted by molar-refractivity contribution is 0.0697. The maximum atomic E-state index is 11.1. The molecule has 0 aromatic heterocycles. The summed E-state index contributed by atoms with van der Waals surface area (Å²) in [6.07, 6.45) is 0. The number of carboxylic acids is 1. The van der Waals surface area contributed by atoms with Crippen molar-refractivity contribution in [3.63, 3.8) is 0 Å². The van der Waals surface area contributed by atoms with Crippen molar-refractivity contribution in [1.82, 2.24) is 0 Å². The zero-order chi connectivity index (χ0) is 12.7. The van der Waals surface area contributed by atoms with Crippen LogP contribution in [0.2, 0.25) is 5.02 Å². The molecule has 2 aromatic carbocycles. The summed E-state index contributed by atoms with van der Waals surface area (Å²) in [7, 11) is 0. The first-order chi connectivity index (χ1) is 8.65. The highest BCUT2D eigenvalue weighted by Gasteiger charge is 2.21. The number of para-hydroxylation sites is 1. The molecule has 4 nitrogen and oxygen atoms in total. The van der Waals surface area contributed by atoms with Crippen molar-refractivity contribution in [3.05, 3.63) is 47.0 Å². The number of nitrogens with one attached hydrogen (secondary N) is 1. The Morgan fingerprint density at radius 2 is 2.06 bits per heavy atom. The monoisotopic (exact) mass is 261 g/mol. The van der Waals surface area contributed by atoms with Gasteiger partial charge in [-0.2, -0.15) is 0 Å². The number of carboxylic acid groups (broad SMARTS) is 1. The van der Waals surface area contributed by atoms with E-state index in [9.17, 15) is 4.79 Å². The van der Waals surface area contributed by atoms with E-state index in [2.05, 4.69) is 5.32 Å². The van der Waals surface area contributed by atoms with E-state index in [1.807, 2.05) is 0 Å². The van der Waals surface area contributed by atoms with Crippen molar-refractivity contribution >= 4 is 28.9 Å². The van der Waals surface area contributed by atoms with Gasteiger partial charge in [0.1, 0.15) is 0 Å². The molecule has 1 aliphatic rings. The number of aromatic carboxylic acids is 1. The fourth-order valence-electron chi connectivity index (χ4n) is 1.86. The molecule has 0 spiro atoms. The average Bonchev–Trinajstić information content (AvgIpc) is 2.35. The zero-order valence-electron chi connectivity index (χ0n) is 9.11. The first kappa shape index (κ1) is 10.9. The second-order valence-electron chi connectivity index (χ2n) is 3.85. The molecule has 18 heavy (non-hydrogen) atoms. The van der Waals surface area contributed by atoms with Crippen molar-refractivity contribution in [3.8, 4) is 11.5 Å². The maximum Gasteiger partial charge on any atom is 0.337 e. The highest BCUT2D eigenvalue weighted by Crippen LogP contribution is 2.44. The van der Waals surface area contributed by atoms with E-state index >= 15 is 0 Å². The summed E-state index contributed by atoms with van der Waals surface area (Å²) in [6.45, 7) is 0. The minimum absolute atomic E-state index is 0.174. The summed E-state index contributed by atoms with van der Waals surface area (Å²) >= 11 is 5.88. The van der Waals surface area contributed by atoms with Crippen LogP contribution >= 0.6 is 11.6 Å². The van der Waals surface area contributed by atoms with Gasteiger partial charge in [0.05, 0.1) is 16.9 Å². The van der Waals surface area contributed by atoms with Gasteiger partial charge in [-0.3, -0.25) is 0 Å². The number of halogens is 1. The molecule has 90 valence electrons. The third-order valence-corrected chi connectivity index (χ3v) is 2.91. The molecule has 0 unspecified atom stereocenters. The molecule has 2 N–H and O–H groups in total. The molecule has 1 aliphatic heterocycles. The quantitative estimate of drug-likeness (QED) is 0.698. The van der Waals surface area contributed by atoms with E-state index < -0.39 is 5.97 Å². The third kappa shape index (κ3) is 1.67. The lowest BCUT2D eigenvalue weighted by Crippen LogP contribution is -2.08. The van der Waals surface area contributed by atoms with E-state index in [0.717, 1.165) is 0 Å². The van der Waals surface area contributed by atoms with E-state index in [0.29, 0.717) is 27.9 Å². The molecule has 5 heteroatoms. The molecule has 0 aliphatic carbocycles. The first-order valence-electron chi connectivity index (χ1n) is 5.26. The smallest absolute Gasteiger partial charge is 0.337 e. The van der Waals surface area contributed by atoms with Gasteiger partial charge in [0, 0.05) is 11.1 Å². The highest BCUT2D eigenvalue weighted by atomic mass is 35.5. The molecule has 0 bridgehead atoms. The molecule has 0 fully saturated rings. The van der Waals surface area contributed by atoms with Gasteiger partial charge in [-0.15, -0.1) is 0 Å². The van der Waals surface area contributed by atoms with Gasteiger partial charge < -0.3 is 15.2 Å². The van der Waals surface area contributed by atoms with Gasteiger partial charge in [-0.1, -0.05) is 17.7 Å². The van der Waals surface area contributed by atoms with Gasteiger partial charge in [0.2, 0.25) is 0 Å². The number of hydrogen-bond donors (Lipinski definition) is 2. The minimum atomic E-state index is -1.000. The van der Waals surface area contributed by atoms with Crippen molar-refractivity contribution in [2.75, 3.05) is 5.32 Å². The lowest BCUT2D eigenvalue weighted by Gasteiger charge is -2.23. The van der Waals surface area contributed by atoms with Crippen LogP contribution in [0, 0.1) is 0 Å². The predicted molar refractivity (Wildman–Crippen MR) is 68.2 cm³/mol. The van der Waals surface area contributed by atoms with Gasteiger partial charge in [0.15, 0.2) is 11.5 Å². The van der Waals surface area contributed by atoms with E-state index in [1.54, 1.807) is 30.3 Å². The van der Waals surface area contributed by atoms with Crippen molar-refractivity contribution < 1.29 is 14.6 Å². The highest BCUT2D eigenvalue weighted by molar-refractivity contribution is 6.30. The van der Waals surface area contributed by atoms with Crippen LogP contribution in [0.3, 0.4) is 0 Å². The van der Waals surface area contributed by atoms with Crippen LogP contribution in [0.15, 0.2) is 36.4 Å². The Balaban J connectivity index is 2.13. The maximum absolute atomic E-state index is 11.1.